The zero-order valence-corrected chi connectivity index (χ0v) is 12.2. The normalized spacial score (nSPS) is 18.7. The van der Waals surface area contributed by atoms with E-state index in [9.17, 15) is 0 Å². The largest absolute Gasteiger partial charge is 0.493 e. The summed E-state index contributed by atoms with van der Waals surface area (Å²) in [7, 11) is 3.29. The van der Waals surface area contributed by atoms with E-state index in [0.717, 1.165) is 17.2 Å². The van der Waals surface area contributed by atoms with E-state index < -0.39 is 0 Å². The van der Waals surface area contributed by atoms with E-state index in [0.29, 0.717) is 6.17 Å². The number of hydrogen-bond acceptors (Lipinski definition) is 4. The second kappa shape index (κ2) is 5.03. The summed E-state index contributed by atoms with van der Waals surface area (Å²) in [6, 6.07) is 5.93. The van der Waals surface area contributed by atoms with Crippen LogP contribution in [0.1, 0.15) is 6.92 Å². The predicted molar refractivity (Wildman–Crippen MR) is 76.5 cm³/mol. The molecule has 1 unspecified atom stereocenters. The second-order valence-corrected chi connectivity index (χ2v) is 4.83. The van der Waals surface area contributed by atoms with Crippen LogP contribution < -0.4 is 14.4 Å². The van der Waals surface area contributed by atoms with Crippen LogP contribution in [0, 0.1) is 0 Å². The van der Waals surface area contributed by atoms with Crippen molar-refractivity contribution in [3.05, 3.63) is 30.6 Å². The van der Waals surface area contributed by atoms with Crippen molar-refractivity contribution < 1.29 is 9.47 Å². The first-order valence-electron chi connectivity index (χ1n) is 5.30. The Balaban J connectivity index is 2.31. The Labute approximate surface area is 115 Å². The first-order chi connectivity index (χ1) is 8.17. The van der Waals surface area contributed by atoms with Gasteiger partial charge in [-0.1, -0.05) is 0 Å². The molecular weight excluding hydrogens is 331 g/mol. The molecule has 1 aromatic carbocycles. The Kier molecular flexibility index (Phi) is 3.66. The lowest BCUT2D eigenvalue weighted by Gasteiger charge is -2.26. The molecule has 0 aromatic heterocycles. The molecule has 2 rings (SSSR count). The van der Waals surface area contributed by atoms with Crippen molar-refractivity contribution in [3.63, 3.8) is 0 Å². The third-order valence-electron chi connectivity index (χ3n) is 2.79. The van der Waals surface area contributed by atoms with E-state index in [2.05, 4.69) is 44.0 Å². The molecule has 1 heterocycles. The van der Waals surface area contributed by atoms with Crippen LogP contribution in [0.25, 0.3) is 0 Å². The van der Waals surface area contributed by atoms with E-state index in [-0.39, 0.29) is 0 Å². The van der Waals surface area contributed by atoms with Crippen LogP contribution >= 0.6 is 22.9 Å². The van der Waals surface area contributed by atoms with Crippen molar-refractivity contribution in [1.29, 1.82) is 0 Å². The van der Waals surface area contributed by atoms with Gasteiger partial charge < -0.3 is 14.4 Å². The summed E-state index contributed by atoms with van der Waals surface area (Å²) in [6.07, 6.45) is 4.40. The SMILES string of the molecule is COc1ccc(N2C=CN(I)C2C)cc1OC. The molecule has 0 N–H and O–H groups in total. The van der Waals surface area contributed by atoms with Gasteiger partial charge in [-0.25, -0.2) is 0 Å². The molecule has 5 heteroatoms. The Morgan fingerprint density at radius 3 is 2.35 bits per heavy atom. The van der Waals surface area contributed by atoms with E-state index in [1.54, 1.807) is 14.2 Å². The van der Waals surface area contributed by atoms with E-state index in [1.807, 2.05) is 24.4 Å². The quantitative estimate of drug-likeness (QED) is 0.621. The summed E-state index contributed by atoms with van der Waals surface area (Å²) < 4.78 is 12.7. The fourth-order valence-corrected chi connectivity index (χ4v) is 2.20. The molecule has 1 aliphatic heterocycles. The fourth-order valence-electron chi connectivity index (χ4n) is 1.79. The maximum Gasteiger partial charge on any atom is 0.162 e. The van der Waals surface area contributed by atoms with Gasteiger partial charge in [0.25, 0.3) is 0 Å². The molecular formula is C12H15IN2O2. The van der Waals surface area contributed by atoms with Gasteiger partial charge >= 0.3 is 0 Å². The highest BCUT2D eigenvalue weighted by atomic mass is 127. The zero-order chi connectivity index (χ0) is 12.4. The minimum absolute atomic E-state index is 0.300. The minimum Gasteiger partial charge on any atom is -0.493 e. The van der Waals surface area contributed by atoms with E-state index in [4.69, 9.17) is 9.47 Å². The van der Waals surface area contributed by atoms with Crippen LogP contribution in [0.2, 0.25) is 0 Å². The molecule has 0 spiro atoms. The summed E-state index contributed by atoms with van der Waals surface area (Å²) in [4.78, 5) is 2.17. The number of halogens is 1. The number of nitrogens with zero attached hydrogens (tertiary/aromatic N) is 2. The van der Waals surface area contributed by atoms with E-state index in [1.165, 1.54) is 0 Å². The second-order valence-electron chi connectivity index (χ2n) is 3.72. The first-order valence-corrected chi connectivity index (χ1v) is 6.26. The predicted octanol–water partition coefficient (Wildman–Crippen LogP) is 2.99. The molecule has 0 bridgehead atoms. The molecule has 0 aliphatic carbocycles. The van der Waals surface area contributed by atoms with Gasteiger partial charge in [0.05, 0.1) is 37.1 Å². The maximum atomic E-state index is 5.31. The van der Waals surface area contributed by atoms with Crippen LogP contribution in [-0.2, 0) is 0 Å². The van der Waals surface area contributed by atoms with Crippen molar-refractivity contribution in [2.24, 2.45) is 0 Å². The summed E-state index contributed by atoms with van der Waals surface area (Å²) in [6.45, 7) is 2.14. The lowest BCUT2D eigenvalue weighted by atomic mass is 10.2. The number of methoxy groups -OCH3 is 2. The average Bonchev–Trinajstić information content (AvgIpc) is 2.69. The van der Waals surface area contributed by atoms with Crippen LogP contribution in [0.15, 0.2) is 30.6 Å². The van der Waals surface area contributed by atoms with Gasteiger partial charge in [-0.05, 0) is 19.1 Å². The molecule has 0 saturated heterocycles. The molecule has 92 valence electrons. The summed E-state index contributed by atoms with van der Waals surface area (Å²) in [5.41, 5.74) is 1.09. The monoisotopic (exact) mass is 346 g/mol. The molecule has 0 fully saturated rings. The third-order valence-corrected chi connectivity index (χ3v) is 3.92. The van der Waals surface area contributed by atoms with Crippen LogP contribution in [0.3, 0.4) is 0 Å². The number of rotatable bonds is 3. The summed E-state index contributed by atoms with van der Waals surface area (Å²) in [5.74, 6) is 1.50. The smallest absolute Gasteiger partial charge is 0.162 e. The molecule has 1 aliphatic rings. The van der Waals surface area contributed by atoms with Crippen LogP contribution in [0.4, 0.5) is 5.69 Å². The molecule has 1 aromatic rings. The molecule has 17 heavy (non-hydrogen) atoms. The highest BCUT2D eigenvalue weighted by Gasteiger charge is 2.22. The standard InChI is InChI=1S/C12H15IN2O2/c1-9-14(6-7-15(9)13)10-4-5-11(16-2)12(8-10)17-3/h4-9H,1-3H3. The van der Waals surface area contributed by atoms with E-state index >= 15 is 0 Å². The summed E-state index contributed by atoms with van der Waals surface area (Å²) in [5, 5.41) is 0. The van der Waals surface area contributed by atoms with Gasteiger partial charge in [-0.2, -0.15) is 0 Å². The average molecular weight is 346 g/mol. The first kappa shape index (κ1) is 12.3. The molecule has 0 saturated carbocycles. The highest BCUT2D eigenvalue weighted by Crippen LogP contribution is 2.34. The minimum atomic E-state index is 0.300. The van der Waals surface area contributed by atoms with Gasteiger partial charge in [0.1, 0.15) is 6.17 Å². The lowest BCUT2D eigenvalue weighted by molar-refractivity contribution is 0.355. The van der Waals surface area contributed by atoms with Gasteiger partial charge in [0, 0.05) is 24.2 Å². The zero-order valence-electron chi connectivity index (χ0n) is 10.1. The van der Waals surface area contributed by atoms with Crippen LogP contribution in [-0.4, -0.2) is 23.5 Å². The Morgan fingerprint density at radius 2 is 1.82 bits per heavy atom. The third kappa shape index (κ3) is 2.29. The van der Waals surface area contributed by atoms with Gasteiger partial charge in [0.15, 0.2) is 11.5 Å². The fraction of sp³-hybridized carbons (Fsp3) is 0.333. The van der Waals surface area contributed by atoms with Gasteiger partial charge in [-0.3, -0.25) is 3.11 Å². The molecule has 0 radical (unpaired) electrons. The summed E-state index contributed by atoms with van der Waals surface area (Å²) >= 11 is 2.28. The van der Waals surface area contributed by atoms with Crippen molar-refractivity contribution in [3.8, 4) is 11.5 Å². The topological polar surface area (TPSA) is 24.9 Å². The highest BCUT2D eigenvalue weighted by molar-refractivity contribution is 14.1. The van der Waals surface area contributed by atoms with Gasteiger partial charge in [0.2, 0.25) is 0 Å². The Morgan fingerprint density at radius 1 is 1.12 bits per heavy atom. The van der Waals surface area contributed by atoms with Crippen molar-refractivity contribution >= 4 is 28.6 Å². The molecule has 1 atom stereocenters. The van der Waals surface area contributed by atoms with Crippen LogP contribution in [0.5, 0.6) is 11.5 Å². The number of ether oxygens (including phenoxy) is 2. The Bertz CT molecular complexity index is 437. The molecule has 4 nitrogen and oxygen atoms in total. The Hall–Kier alpha value is -1.11. The lowest BCUT2D eigenvalue weighted by Crippen LogP contribution is -2.30. The number of anilines is 1. The molecule has 0 amide bonds. The maximum absolute atomic E-state index is 5.31. The van der Waals surface area contributed by atoms with Crippen molar-refractivity contribution in [1.82, 2.24) is 3.11 Å². The van der Waals surface area contributed by atoms with Gasteiger partial charge in [-0.15, -0.1) is 0 Å². The van der Waals surface area contributed by atoms with Crippen molar-refractivity contribution in [2.45, 2.75) is 13.1 Å². The van der Waals surface area contributed by atoms with Crippen molar-refractivity contribution in [2.75, 3.05) is 19.1 Å². The number of benzene rings is 1. The number of hydrogen-bond donors (Lipinski definition) is 0.